The van der Waals surface area contributed by atoms with E-state index < -0.39 is 16.6 Å². The highest BCUT2D eigenvalue weighted by Gasteiger charge is 2.20. The third-order valence-electron chi connectivity index (χ3n) is 2.82. The molecule has 0 spiro atoms. The summed E-state index contributed by atoms with van der Waals surface area (Å²) in [6, 6.07) is 3.82. The van der Waals surface area contributed by atoms with Gasteiger partial charge in [0, 0.05) is 22.8 Å². The summed E-state index contributed by atoms with van der Waals surface area (Å²) in [5.74, 6) is -1.33. The van der Waals surface area contributed by atoms with Crippen molar-refractivity contribution in [1.82, 2.24) is 4.98 Å². The molecule has 0 saturated carbocycles. The second-order valence-corrected chi connectivity index (χ2v) is 5.74. The molecule has 0 aliphatic heterocycles. The van der Waals surface area contributed by atoms with Gasteiger partial charge in [0.15, 0.2) is 0 Å². The maximum atomic E-state index is 11.1. The fourth-order valence-electron chi connectivity index (χ4n) is 1.84. The van der Waals surface area contributed by atoms with Gasteiger partial charge in [-0.3, -0.25) is 10.1 Å². The highest BCUT2D eigenvalue weighted by Crippen LogP contribution is 2.27. The molecular weight excluding hydrogens is 294 g/mol. The second-order valence-electron chi connectivity index (χ2n) is 4.47. The fourth-order valence-corrected chi connectivity index (χ4v) is 2.62. The molecule has 21 heavy (non-hydrogen) atoms. The number of hydrogen-bond acceptors (Lipinski definition) is 6. The van der Waals surface area contributed by atoms with Crippen LogP contribution in [-0.4, -0.2) is 21.0 Å². The lowest BCUT2D eigenvalue weighted by Crippen LogP contribution is -2.08. The number of aromatic nitrogens is 1. The lowest BCUT2D eigenvalue weighted by atomic mass is 10.1. The van der Waals surface area contributed by atoms with Crippen LogP contribution in [0, 0.1) is 17.0 Å². The molecule has 110 valence electrons. The molecule has 1 aromatic heterocycles. The molecule has 2 aromatic rings. The number of aromatic carboxylic acids is 1. The van der Waals surface area contributed by atoms with E-state index in [-0.39, 0.29) is 11.6 Å². The number of nitrogens with zero attached hydrogens (tertiary/aromatic N) is 2. The van der Waals surface area contributed by atoms with Crippen LogP contribution in [0.5, 0.6) is 0 Å². The first-order valence-electron chi connectivity index (χ1n) is 6.09. The fraction of sp³-hybridized carbons (Fsp3) is 0.231. The topological polar surface area (TPSA) is 105 Å². The van der Waals surface area contributed by atoms with E-state index in [4.69, 9.17) is 5.11 Å². The molecule has 0 amide bonds. The van der Waals surface area contributed by atoms with E-state index in [1.807, 2.05) is 13.8 Å². The van der Waals surface area contributed by atoms with Crippen molar-refractivity contribution in [2.75, 3.05) is 5.32 Å². The summed E-state index contributed by atoms with van der Waals surface area (Å²) in [6.45, 7) is 3.84. The quantitative estimate of drug-likeness (QED) is 0.649. The van der Waals surface area contributed by atoms with Crippen molar-refractivity contribution in [2.24, 2.45) is 0 Å². The number of nitrogens with one attached hydrogen (secondary N) is 1. The van der Waals surface area contributed by atoms with Crippen LogP contribution in [0.1, 0.15) is 33.2 Å². The van der Waals surface area contributed by atoms with Crippen LogP contribution in [0.2, 0.25) is 0 Å². The van der Waals surface area contributed by atoms with Gasteiger partial charge >= 0.3 is 5.97 Å². The number of anilines is 1. The molecule has 1 heterocycles. The Labute approximate surface area is 124 Å². The zero-order chi connectivity index (χ0) is 15.6. The molecular formula is C13H13N3O4S. The van der Waals surface area contributed by atoms with Crippen molar-refractivity contribution in [1.29, 1.82) is 0 Å². The minimum Gasteiger partial charge on any atom is -0.477 e. The third-order valence-corrected chi connectivity index (χ3v) is 3.91. The molecule has 0 bridgehead atoms. The Morgan fingerprint density at radius 3 is 2.76 bits per heavy atom. The molecule has 1 aromatic carbocycles. The number of nitro groups is 1. The predicted molar refractivity (Wildman–Crippen MR) is 78.9 cm³/mol. The SMILES string of the molecule is Cc1cnc(C(C)Nc2ccc([N+](=O)[O-])c(C(=O)O)c2)s1. The number of carboxylic acids is 1. The number of rotatable bonds is 5. The van der Waals surface area contributed by atoms with E-state index in [9.17, 15) is 14.9 Å². The summed E-state index contributed by atoms with van der Waals surface area (Å²) in [7, 11) is 0. The summed E-state index contributed by atoms with van der Waals surface area (Å²) in [4.78, 5) is 26.5. The largest absolute Gasteiger partial charge is 0.477 e. The van der Waals surface area contributed by atoms with Crippen LogP contribution in [0.15, 0.2) is 24.4 Å². The van der Waals surface area contributed by atoms with Crippen molar-refractivity contribution in [2.45, 2.75) is 19.9 Å². The average Bonchev–Trinajstić information content (AvgIpc) is 2.85. The molecule has 0 aliphatic rings. The molecule has 0 radical (unpaired) electrons. The van der Waals surface area contributed by atoms with Crippen LogP contribution in [0.3, 0.4) is 0 Å². The summed E-state index contributed by atoms with van der Waals surface area (Å²) < 4.78 is 0. The molecule has 7 nitrogen and oxygen atoms in total. The maximum Gasteiger partial charge on any atom is 0.342 e. The molecule has 2 rings (SSSR count). The van der Waals surface area contributed by atoms with Gasteiger partial charge in [0.1, 0.15) is 10.6 Å². The highest BCUT2D eigenvalue weighted by atomic mass is 32.1. The summed E-state index contributed by atoms with van der Waals surface area (Å²) in [5, 5.41) is 23.8. The van der Waals surface area contributed by atoms with Gasteiger partial charge in [-0.15, -0.1) is 11.3 Å². The first-order valence-corrected chi connectivity index (χ1v) is 6.90. The average molecular weight is 307 g/mol. The standard InChI is InChI=1S/C13H13N3O4S/c1-7-6-14-12(21-7)8(2)15-9-3-4-11(16(19)20)10(5-9)13(17)18/h3-6,8,15H,1-2H3,(H,17,18). The first-order chi connectivity index (χ1) is 9.88. The number of benzene rings is 1. The Kier molecular flexibility index (Phi) is 4.18. The second kappa shape index (κ2) is 5.88. The van der Waals surface area contributed by atoms with Crippen LogP contribution in [-0.2, 0) is 0 Å². The predicted octanol–water partition coefficient (Wildman–Crippen LogP) is 3.23. The van der Waals surface area contributed by atoms with E-state index in [0.29, 0.717) is 5.69 Å². The first kappa shape index (κ1) is 14.9. The molecule has 0 fully saturated rings. The Bertz CT molecular complexity index is 698. The Morgan fingerprint density at radius 2 is 2.24 bits per heavy atom. The van der Waals surface area contributed by atoms with E-state index in [1.165, 1.54) is 29.5 Å². The summed E-state index contributed by atoms with van der Waals surface area (Å²) >= 11 is 1.54. The number of carbonyl (C=O) groups is 1. The zero-order valence-corrected chi connectivity index (χ0v) is 12.2. The van der Waals surface area contributed by atoms with E-state index in [1.54, 1.807) is 6.20 Å². The number of thiazole rings is 1. The minimum atomic E-state index is -1.33. The van der Waals surface area contributed by atoms with E-state index in [2.05, 4.69) is 10.3 Å². The lowest BCUT2D eigenvalue weighted by molar-refractivity contribution is -0.385. The van der Waals surface area contributed by atoms with Gasteiger partial charge in [-0.25, -0.2) is 9.78 Å². The lowest BCUT2D eigenvalue weighted by Gasteiger charge is -2.13. The Morgan fingerprint density at radius 1 is 1.52 bits per heavy atom. The number of nitro benzene ring substituents is 1. The van der Waals surface area contributed by atoms with Crippen molar-refractivity contribution in [3.63, 3.8) is 0 Å². The van der Waals surface area contributed by atoms with Gasteiger partial charge in [-0.05, 0) is 26.0 Å². The van der Waals surface area contributed by atoms with Gasteiger partial charge < -0.3 is 10.4 Å². The smallest absolute Gasteiger partial charge is 0.342 e. The van der Waals surface area contributed by atoms with Crippen LogP contribution in [0.25, 0.3) is 0 Å². The van der Waals surface area contributed by atoms with Crippen LogP contribution in [0.4, 0.5) is 11.4 Å². The maximum absolute atomic E-state index is 11.1. The summed E-state index contributed by atoms with van der Waals surface area (Å²) in [5.41, 5.74) is -0.267. The van der Waals surface area contributed by atoms with Crippen LogP contribution < -0.4 is 5.32 Å². The molecule has 2 N–H and O–H groups in total. The van der Waals surface area contributed by atoms with Gasteiger partial charge in [0.25, 0.3) is 5.69 Å². The van der Waals surface area contributed by atoms with Gasteiger partial charge in [-0.2, -0.15) is 0 Å². The Balaban J connectivity index is 2.27. The normalized spacial score (nSPS) is 11.9. The van der Waals surface area contributed by atoms with Crippen molar-refractivity contribution < 1.29 is 14.8 Å². The van der Waals surface area contributed by atoms with Gasteiger partial charge in [-0.1, -0.05) is 0 Å². The number of carboxylic acid groups (broad SMARTS) is 1. The molecule has 8 heteroatoms. The minimum absolute atomic E-state index is 0.119. The van der Waals surface area contributed by atoms with Crippen molar-refractivity contribution >= 4 is 28.7 Å². The zero-order valence-electron chi connectivity index (χ0n) is 11.4. The highest BCUT2D eigenvalue weighted by molar-refractivity contribution is 7.11. The molecule has 1 atom stereocenters. The van der Waals surface area contributed by atoms with Crippen molar-refractivity contribution in [3.05, 3.63) is 50.0 Å². The number of hydrogen-bond donors (Lipinski definition) is 2. The molecule has 1 unspecified atom stereocenters. The Hall–Kier alpha value is -2.48. The van der Waals surface area contributed by atoms with E-state index in [0.717, 1.165) is 9.88 Å². The monoisotopic (exact) mass is 307 g/mol. The summed E-state index contributed by atoms with van der Waals surface area (Å²) in [6.07, 6.45) is 1.76. The van der Waals surface area contributed by atoms with Gasteiger partial charge in [0.05, 0.1) is 11.0 Å². The van der Waals surface area contributed by atoms with Gasteiger partial charge in [0.2, 0.25) is 0 Å². The van der Waals surface area contributed by atoms with Crippen LogP contribution >= 0.6 is 11.3 Å². The van der Waals surface area contributed by atoms with E-state index >= 15 is 0 Å². The van der Waals surface area contributed by atoms with Crippen molar-refractivity contribution in [3.8, 4) is 0 Å². The molecule has 0 saturated heterocycles. The third kappa shape index (κ3) is 3.34. The molecule has 0 aliphatic carbocycles. The number of aryl methyl sites for hydroxylation is 1.